The summed E-state index contributed by atoms with van der Waals surface area (Å²) in [5, 5.41) is 27.5. The quantitative estimate of drug-likeness (QED) is 0.627. The van der Waals surface area contributed by atoms with Crippen molar-refractivity contribution in [1.29, 1.82) is 0 Å². The zero-order valence-electron chi connectivity index (χ0n) is 11.1. The lowest BCUT2D eigenvalue weighted by Crippen LogP contribution is -2.13. The number of rotatable bonds is 5. The van der Waals surface area contributed by atoms with E-state index >= 15 is 0 Å². The molecule has 0 fully saturated rings. The molecule has 0 bridgehead atoms. The number of nitrogens with zero attached hydrogens (tertiary/aromatic N) is 4. The summed E-state index contributed by atoms with van der Waals surface area (Å²) in [6.07, 6.45) is 3.77. The fourth-order valence-electron chi connectivity index (χ4n) is 1.77. The van der Waals surface area contributed by atoms with Gasteiger partial charge >= 0.3 is 0 Å². The Hall–Kier alpha value is -2.48. The number of pyridine rings is 1. The first-order valence-corrected chi connectivity index (χ1v) is 5.99. The van der Waals surface area contributed by atoms with Crippen molar-refractivity contribution in [2.45, 2.75) is 13.0 Å². The Balaban J connectivity index is 2.02. The minimum absolute atomic E-state index is 0.0548. The molecule has 2 rings (SSSR count). The highest BCUT2D eigenvalue weighted by molar-refractivity contribution is 5.48. The van der Waals surface area contributed by atoms with Crippen LogP contribution in [0.15, 0.2) is 24.7 Å². The number of aryl methyl sites for hydroxylation is 2. The number of anilines is 1. The fraction of sp³-hybridized carbons (Fsp3) is 0.333. The van der Waals surface area contributed by atoms with Crippen LogP contribution < -0.4 is 5.32 Å². The molecular weight excluding hydrogens is 262 g/mol. The summed E-state index contributed by atoms with van der Waals surface area (Å²) in [5.41, 5.74) is 1.29. The number of aliphatic hydroxyl groups is 1. The van der Waals surface area contributed by atoms with E-state index in [0.717, 1.165) is 0 Å². The van der Waals surface area contributed by atoms with E-state index < -0.39 is 11.0 Å². The van der Waals surface area contributed by atoms with Gasteiger partial charge in [0.2, 0.25) is 0 Å². The van der Waals surface area contributed by atoms with Crippen LogP contribution >= 0.6 is 0 Å². The van der Waals surface area contributed by atoms with Crippen molar-refractivity contribution in [3.63, 3.8) is 0 Å². The Morgan fingerprint density at radius 1 is 1.55 bits per heavy atom. The van der Waals surface area contributed by atoms with E-state index in [9.17, 15) is 15.2 Å². The summed E-state index contributed by atoms with van der Waals surface area (Å²) in [5.74, 6) is 0.513. The van der Waals surface area contributed by atoms with Crippen LogP contribution in [0.4, 0.5) is 11.5 Å². The fourth-order valence-corrected chi connectivity index (χ4v) is 1.77. The van der Waals surface area contributed by atoms with Crippen molar-refractivity contribution in [3.05, 3.63) is 45.9 Å². The molecule has 2 aromatic rings. The summed E-state index contributed by atoms with van der Waals surface area (Å²) in [4.78, 5) is 14.1. The first-order valence-electron chi connectivity index (χ1n) is 5.99. The van der Waals surface area contributed by atoms with Gasteiger partial charge in [-0.05, 0) is 12.5 Å². The normalized spacial score (nSPS) is 12.2. The third-order valence-corrected chi connectivity index (χ3v) is 2.85. The van der Waals surface area contributed by atoms with E-state index in [-0.39, 0.29) is 12.2 Å². The van der Waals surface area contributed by atoms with Gasteiger partial charge in [0.25, 0.3) is 5.69 Å². The lowest BCUT2D eigenvalue weighted by atomic mass is 10.2. The molecule has 2 aromatic heterocycles. The first-order chi connectivity index (χ1) is 9.47. The van der Waals surface area contributed by atoms with E-state index in [4.69, 9.17) is 0 Å². The lowest BCUT2D eigenvalue weighted by Gasteiger charge is -2.12. The van der Waals surface area contributed by atoms with Gasteiger partial charge in [0, 0.05) is 31.4 Å². The van der Waals surface area contributed by atoms with E-state index in [0.29, 0.717) is 16.9 Å². The topological polar surface area (TPSA) is 106 Å². The van der Waals surface area contributed by atoms with Crippen molar-refractivity contribution >= 4 is 11.5 Å². The van der Waals surface area contributed by atoms with Crippen molar-refractivity contribution in [2.75, 3.05) is 11.9 Å². The van der Waals surface area contributed by atoms with Gasteiger partial charge in [-0.3, -0.25) is 14.8 Å². The Morgan fingerprint density at radius 2 is 2.30 bits per heavy atom. The molecule has 0 radical (unpaired) electrons. The van der Waals surface area contributed by atoms with E-state index in [1.54, 1.807) is 31.0 Å². The molecule has 8 nitrogen and oxygen atoms in total. The summed E-state index contributed by atoms with van der Waals surface area (Å²) < 4.78 is 1.61. The van der Waals surface area contributed by atoms with E-state index in [1.807, 2.05) is 0 Å². The van der Waals surface area contributed by atoms with Crippen LogP contribution in [-0.2, 0) is 7.05 Å². The number of hydrogen-bond donors (Lipinski definition) is 2. The van der Waals surface area contributed by atoms with Crippen LogP contribution in [0.1, 0.15) is 17.2 Å². The SMILES string of the molecule is Cc1cc([N+](=O)[O-])cnc1NCC(O)c1cnn(C)c1. The molecule has 0 amide bonds. The standard InChI is InChI=1S/C12H15N5O3/c1-8-3-10(17(19)20)5-13-12(8)14-6-11(18)9-4-15-16(2)7-9/h3-5,7,11,18H,6H2,1-2H3,(H,13,14). The zero-order chi connectivity index (χ0) is 14.7. The summed E-state index contributed by atoms with van der Waals surface area (Å²) >= 11 is 0. The number of nitro groups is 1. The minimum Gasteiger partial charge on any atom is -0.386 e. The van der Waals surface area contributed by atoms with Crippen molar-refractivity contribution < 1.29 is 10.0 Å². The molecule has 0 aromatic carbocycles. The van der Waals surface area contributed by atoms with Crippen LogP contribution in [0.25, 0.3) is 0 Å². The smallest absolute Gasteiger partial charge is 0.287 e. The van der Waals surface area contributed by atoms with Crippen LogP contribution in [0, 0.1) is 17.0 Å². The second-order valence-corrected chi connectivity index (χ2v) is 4.46. The van der Waals surface area contributed by atoms with Gasteiger partial charge in [0.05, 0.1) is 17.2 Å². The van der Waals surface area contributed by atoms with Gasteiger partial charge in [-0.1, -0.05) is 0 Å². The second-order valence-electron chi connectivity index (χ2n) is 4.46. The van der Waals surface area contributed by atoms with E-state index in [1.165, 1.54) is 12.3 Å². The second kappa shape index (κ2) is 5.66. The first kappa shape index (κ1) is 13.9. The number of aromatic nitrogens is 3. The third-order valence-electron chi connectivity index (χ3n) is 2.85. The Morgan fingerprint density at radius 3 is 2.85 bits per heavy atom. The van der Waals surface area contributed by atoms with Gasteiger partial charge in [-0.15, -0.1) is 0 Å². The average molecular weight is 277 g/mol. The largest absolute Gasteiger partial charge is 0.386 e. The highest BCUT2D eigenvalue weighted by Gasteiger charge is 2.12. The predicted octanol–water partition coefficient (Wildman–Crippen LogP) is 1.18. The highest BCUT2D eigenvalue weighted by atomic mass is 16.6. The van der Waals surface area contributed by atoms with Crippen molar-refractivity contribution in [1.82, 2.24) is 14.8 Å². The minimum atomic E-state index is -0.722. The predicted molar refractivity (Wildman–Crippen MR) is 72.3 cm³/mol. The Bertz CT molecular complexity index is 625. The van der Waals surface area contributed by atoms with Crippen LogP contribution in [0.5, 0.6) is 0 Å². The molecule has 1 atom stereocenters. The number of hydrogen-bond acceptors (Lipinski definition) is 6. The lowest BCUT2D eigenvalue weighted by molar-refractivity contribution is -0.385. The maximum Gasteiger partial charge on any atom is 0.287 e. The molecule has 8 heteroatoms. The maximum atomic E-state index is 10.6. The zero-order valence-corrected chi connectivity index (χ0v) is 11.1. The van der Waals surface area contributed by atoms with Gasteiger partial charge in [0.1, 0.15) is 12.0 Å². The molecule has 106 valence electrons. The third kappa shape index (κ3) is 3.09. The number of nitrogens with one attached hydrogen (secondary N) is 1. The monoisotopic (exact) mass is 277 g/mol. The molecule has 2 heterocycles. The van der Waals surface area contributed by atoms with Gasteiger partial charge in [-0.25, -0.2) is 4.98 Å². The molecular formula is C12H15N5O3. The van der Waals surface area contributed by atoms with Gasteiger partial charge in [-0.2, -0.15) is 5.10 Å². The molecule has 0 aliphatic rings. The van der Waals surface area contributed by atoms with E-state index in [2.05, 4.69) is 15.4 Å². The maximum absolute atomic E-state index is 10.6. The molecule has 0 saturated carbocycles. The molecule has 1 unspecified atom stereocenters. The number of aliphatic hydroxyl groups excluding tert-OH is 1. The Kier molecular flexibility index (Phi) is 3.94. The summed E-state index contributed by atoms with van der Waals surface area (Å²) in [6.45, 7) is 1.97. The van der Waals surface area contributed by atoms with Gasteiger partial charge in [0.15, 0.2) is 0 Å². The van der Waals surface area contributed by atoms with Crippen molar-refractivity contribution in [2.24, 2.45) is 7.05 Å². The average Bonchev–Trinajstić information content (AvgIpc) is 2.83. The van der Waals surface area contributed by atoms with Crippen molar-refractivity contribution in [3.8, 4) is 0 Å². The molecule has 20 heavy (non-hydrogen) atoms. The Labute approximate surface area is 115 Å². The van der Waals surface area contributed by atoms with Crippen LogP contribution in [0.2, 0.25) is 0 Å². The summed E-state index contributed by atoms with van der Waals surface area (Å²) in [7, 11) is 1.77. The highest BCUT2D eigenvalue weighted by Crippen LogP contribution is 2.19. The van der Waals surface area contributed by atoms with Crippen LogP contribution in [-0.4, -0.2) is 31.3 Å². The molecule has 0 aliphatic carbocycles. The van der Waals surface area contributed by atoms with Crippen LogP contribution in [0.3, 0.4) is 0 Å². The summed E-state index contributed by atoms with van der Waals surface area (Å²) in [6, 6.07) is 1.44. The molecule has 0 saturated heterocycles. The molecule has 2 N–H and O–H groups in total. The molecule has 0 aliphatic heterocycles. The molecule has 0 spiro atoms. The van der Waals surface area contributed by atoms with Gasteiger partial charge < -0.3 is 10.4 Å².